The quantitative estimate of drug-likeness (QED) is 0.590. The van der Waals surface area contributed by atoms with E-state index in [4.69, 9.17) is 0 Å². The summed E-state index contributed by atoms with van der Waals surface area (Å²) in [5.74, 6) is 0. The zero-order valence-corrected chi connectivity index (χ0v) is 7.22. The predicted molar refractivity (Wildman–Crippen MR) is 41.7 cm³/mol. The molecule has 2 heteroatoms. The van der Waals surface area contributed by atoms with Crippen LogP contribution in [0.5, 0.6) is 0 Å². The molecule has 1 rings (SSSR count). The first-order chi connectivity index (χ1) is 4.43. The molecule has 0 N–H and O–H groups in total. The van der Waals surface area contributed by atoms with E-state index in [1.54, 1.807) is 0 Å². The third-order valence-electron chi connectivity index (χ3n) is 1.15. The summed E-state index contributed by atoms with van der Waals surface area (Å²) in [6, 6.07) is 10.6. The molecular formula is C7H7LiSe. The van der Waals surface area contributed by atoms with Gasteiger partial charge in [-0.25, -0.2) is 0 Å². The first kappa shape index (κ1) is 7.44. The molecule has 1 aromatic carbocycles. The van der Waals surface area contributed by atoms with Crippen molar-refractivity contribution >= 4 is 28.5 Å². The molecule has 0 saturated heterocycles. The third kappa shape index (κ3) is 2.60. The standard InChI is InChI=1S/C7H8Se.Li/c8-6-7-4-2-1-3-5-7;/h1-5,8H,6H2;/q;+1/p-1. The van der Waals surface area contributed by atoms with Gasteiger partial charge in [-0.2, -0.15) is 0 Å². The van der Waals surface area contributed by atoms with Crippen molar-refractivity contribution in [2.24, 2.45) is 0 Å². The van der Waals surface area contributed by atoms with E-state index in [0.717, 1.165) is 12.8 Å². The minimum absolute atomic E-state index is 0.779. The van der Waals surface area contributed by atoms with Crippen LogP contribution in [-0.2, 0) is 5.32 Å². The number of hydrogen-bond acceptors (Lipinski definition) is 0. The minimum atomic E-state index is 0.779. The van der Waals surface area contributed by atoms with Gasteiger partial charge >= 0.3 is 69.8 Å². The van der Waals surface area contributed by atoms with Crippen molar-refractivity contribution in [2.45, 2.75) is 5.32 Å². The van der Waals surface area contributed by atoms with Crippen LogP contribution in [-0.4, -0.2) is 28.5 Å². The second-order valence-electron chi connectivity index (χ2n) is 1.92. The van der Waals surface area contributed by atoms with Crippen molar-refractivity contribution in [1.82, 2.24) is 0 Å². The van der Waals surface area contributed by atoms with Crippen LogP contribution < -0.4 is 0 Å². The van der Waals surface area contributed by atoms with Crippen LogP contribution in [0.15, 0.2) is 30.3 Å². The van der Waals surface area contributed by atoms with Crippen molar-refractivity contribution < 1.29 is 0 Å². The third-order valence-corrected chi connectivity index (χ3v) is 2.46. The van der Waals surface area contributed by atoms with E-state index in [-0.39, 0.29) is 0 Å². The van der Waals surface area contributed by atoms with Crippen LogP contribution >= 0.6 is 0 Å². The average Bonchev–Trinajstić information content (AvgIpc) is 1.91. The summed E-state index contributed by atoms with van der Waals surface area (Å²) < 4.78 is 0. The molecule has 0 radical (unpaired) electrons. The van der Waals surface area contributed by atoms with Crippen molar-refractivity contribution in [3.05, 3.63) is 35.9 Å². The van der Waals surface area contributed by atoms with E-state index in [9.17, 15) is 0 Å². The number of benzene rings is 1. The first-order valence-corrected chi connectivity index (χ1v) is 5.89. The first-order valence-electron chi connectivity index (χ1n) is 2.96. The Balaban J connectivity index is 2.61. The Morgan fingerprint density at radius 2 is 1.89 bits per heavy atom. The fraction of sp³-hybridized carbons (Fsp3) is 0.143. The second-order valence-corrected chi connectivity index (χ2v) is 3.74. The van der Waals surface area contributed by atoms with Crippen LogP contribution in [0.25, 0.3) is 0 Å². The summed E-state index contributed by atoms with van der Waals surface area (Å²) in [6.07, 6.45) is 0. The molecule has 1 aromatic rings. The predicted octanol–water partition coefficient (Wildman–Crippen LogP) is 0.974. The summed E-state index contributed by atoms with van der Waals surface area (Å²) in [5.41, 5.74) is 1.47. The Labute approximate surface area is 69.7 Å². The van der Waals surface area contributed by atoms with E-state index in [1.807, 2.05) is 0 Å². The fourth-order valence-electron chi connectivity index (χ4n) is 0.741. The molecule has 0 spiro atoms. The van der Waals surface area contributed by atoms with Crippen molar-refractivity contribution in [2.75, 3.05) is 0 Å². The van der Waals surface area contributed by atoms with Gasteiger partial charge in [-0.05, 0) is 0 Å². The summed E-state index contributed by atoms with van der Waals surface area (Å²) in [4.78, 5) is 0. The zero-order valence-electron chi connectivity index (χ0n) is 5.50. The number of rotatable bonds is 2. The molecule has 0 aliphatic heterocycles. The van der Waals surface area contributed by atoms with Crippen molar-refractivity contribution in [1.29, 1.82) is 0 Å². The SMILES string of the molecule is [Li][Se]Cc1ccccc1. The molecule has 0 fully saturated rings. The Morgan fingerprint density at radius 3 is 2.44 bits per heavy atom. The molecule has 0 aliphatic carbocycles. The molecule has 0 amide bonds. The van der Waals surface area contributed by atoms with E-state index in [2.05, 4.69) is 46.1 Å². The van der Waals surface area contributed by atoms with Gasteiger partial charge in [0, 0.05) is 0 Å². The van der Waals surface area contributed by atoms with Crippen LogP contribution in [0.2, 0.25) is 0 Å². The maximum absolute atomic E-state index is 2.26. The summed E-state index contributed by atoms with van der Waals surface area (Å²) in [6.45, 7) is 0. The molecule has 42 valence electrons. The molecule has 0 heterocycles. The summed E-state index contributed by atoms with van der Waals surface area (Å²) in [5, 5.41) is 1.27. The van der Waals surface area contributed by atoms with Gasteiger partial charge in [-0.15, -0.1) is 0 Å². The summed E-state index contributed by atoms with van der Waals surface area (Å²) in [7, 11) is 0. The average molecular weight is 177 g/mol. The van der Waals surface area contributed by atoms with E-state index < -0.39 is 0 Å². The topological polar surface area (TPSA) is 0 Å². The molecular weight excluding hydrogens is 170 g/mol. The van der Waals surface area contributed by atoms with E-state index in [1.165, 1.54) is 10.9 Å². The Morgan fingerprint density at radius 1 is 1.22 bits per heavy atom. The van der Waals surface area contributed by atoms with Gasteiger partial charge in [0.25, 0.3) is 0 Å². The van der Waals surface area contributed by atoms with Crippen molar-refractivity contribution in [3.63, 3.8) is 0 Å². The van der Waals surface area contributed by atoms with E-state index >= 15 is 0 Å². The van der Waals surface area contributed by atoms with Gasteiger partial charge in [0.15, 0.2) is 0 Å². The van der Waals surface area contributed by atoms with Crippen LogP contribution in [0.4, 0.5) is 0 Å². The fourth-order valence-corrected chi connectivity index (χ4v) is 1.84. The van der Waals surface area contributed by atoms with Gasteiger partial charge in [0.05, 0.1) is 0 Å². The van der Waals surface area contributed by atoms with Gasteiger partial charge in [0.2, 0.25) is 0 Å². The van der Waals surface area contributed by atoms with Gasteiger partial charge in [-0.3, -0.25) is 0 Å². The normalized spacial score (nSPS) is 9.56. The molecule has 9 heavy (non-hydrogen) atoms. The molecule has 0 atom stereocenters. The van der Waals surface area contributed by atoms with Gasteiger partial charge < -0.3 is 0 Å². The Hall–Kier alpha value is 0.337. The molecule has 0 nitrogen and oxygen atoms in total. The monoisotopic (exact) mass is 178 g/mol. The zero-order chi connectivity index (χ0) is 6.53. The van der Waals surface area contributed by atoms with Crippen LogP contribution in [0.3, 0.4) is 0 Å². The van der Waals surface area contributed by atoms with E-state index in [0.29, 0.717) is 0 Å². The Kier molecular flexibility index (Phi) is 3.47. The second kappa shape index (κ2) is 4.20. The van der Waals surface area contributed by atoms with Crippen LogP contribution in [0, 0.1) is 0 Å². The summed E-state index contributed by atoms with van der Waals surface area (Å²) >= 11 is 3.04. The van der Waals surface area contributed by atoms with Crippen LogP contribution in [0.1, 0.15) is 5.56 Å². The molecule has 0 aromatic heterocycles. The number of hydrogen-bond donors (Lipinski definition) is 0. The maximum atomic E-state index is 2.26. The molecule has 0 saturated carbocycles. The molecule has 0 aliphatic rings. The van der Waals surface area contributed by atoms with Gasteiger partial charge in [-0.1, -0.05) is 0 Å². The van der Waals surface area contributed by atoms with Crippen molar-refractivity contribution in [3.8, 4) is 0 Å². The van der Waals surface area contributed by atoms with Gasteiger partial charge in [0.1, 0.15) is 0 Å². The Bertz CT molecular complexity index is 162. The molecule has 0 bridgehead atoms. The molecule has 0 unspecified atom stereocenters.